The summed E-state index contributed by atoms with van der Waals surface area (Å²) in [6, 6.07) is 28.7. The van der Waals surface area contributed by atoms with Gasteiger partial charge in [0.1, 0.15) is 5.60 Å². The van der Waals surface area contributed by atoms with Crippen molar-refractivity contribution in [3.05, 3.63) is 112 Å². The molecule has 0 aliphatic heterocycles. The first-order valence-electron chi connectivity index (χ1n) is 7.96. The van der Waals surface area contributed by atoms with E-state index in [2.05, 4.69) is 74.3 Å². The van der Waals surface area contributed by atoms with Gasteiger partial charge in [-0.05, 0) is 34.9 Å². The fraction of sp³-hybridized carbons (Fsp3) is 0.0909. The van der Waals surface area contributed by atoms with Crippen LogP contribution in [0.15, 0.2) is 95.5 Å². The minimum Gasteiger partial charge on any atom is -0.365 e. The lowest BCUT2D eigenvalue weighted by Crippen LogP contribution is -2.27. The van der Waals surface area contributed by atoms with Gasteiger partial charge >= 0.3 is 0 Å². The van der Waals surface area contributed by atoms with Gasteiger partial charge < -0.3 is 4.74 Å². The van der Waals surface area contributed by atoms with Crippen molar-refractivity contribution in [1.29, 1.82) is 0 Å². The molecule has 0 amide bonds. The third kappa shape index (κ3) is 3.95. The SMILES string of the molecule is COC(/C=C(/Br)c1ccccc1)(c1ccccc1)c1ccc(Br)cc1. The Morgan fingerprint density at radius 2 is 1.32 bits per heavy atom. The summed E-state index contributed by atoms with van der Waals surface area (Å²) in [6.07, 6.45) is 2.13. The van der Waals surface area contributed by atoms with Crippen molar-refractivity contribution in [2.24, 2.45) is 0 Å². The van der Waals surface area contributed by atoms with E-state index in [1.54, 1.807) is 7.11 Å². The summed E-state index contributed by atoms with van der Waals surface area (Å²) in [5.74, 6) is 0. The highest BCUT2D eigenvalue weighted by Crippen LogP contribution is 2.39. The highest BCUT2D eigenvalue weighted by atomic mass is 79.9. The van der Waals surface area contributed by atoms with Crippen LogP contribution in [0.4, 0.5) is 0 Å². The molecule has 3 rings (SSSR count). The first-order chi connectivity index (χ1) is 12.2. The number of hydrogen-bond donors (Lipinski definition) is 0. The summed E-state index contributed by atoms with van der Waals surface area (Å²) < 4.78 is 8.15. The van der Waals surface area contributed by atoms with Crippen LogP contribution in [0.1, 0.15) is 16.7 Å². The van der Waals surface area contributed by atoms with Gasteiger partial charge in [-0.15, -0.1) is 0 Å². The van der Waals surface area contributed by atoms with Crippen LogP contribution in [0, 0.1) is 0 Å². The van der Waals surface area contributed by atoms with Crippen LogP contribution in [-0.4, -0.2) is 7.11 Å². The van der Waals surface area contributed by atoms with Gasteiger partial charge in [0.2, 0.25) is 0 Å². The normalized spacial score (nSPS) is 14.1. The zero-order valence-electron chi connectivity index (χ0n) is 13.8. The molecule has 0 aliphatic rings. The summed E-state index contributed by atoms with van der Waals surface area (Å²) in [7, 11) is 1.75. The molecule has 1 atom stereocenters. The quantitative estimate of drug-likeness (QED) is 0.410. The second-order valence-electron chi connectivity index (χ2n) is 5.67. The molecule has 3 aromatic carbocycles. The summed E-state index contributed by atoms with van der Waals surface area (Å²) >= 11 is 7.26. The second-order valence-corrected chi connectivity index (χ2v) is 7.44. The van der Waals surface area contributed by atoms with E-state index < -0.39 is 5.60 Å². The van der Waals surface area contributed by atoms with E-state index in [1.165, 1.54) is 0 Å². The van der Waals surface area contributed by atoms with Gasteiger partial charge in [-0.1, -0.05) is 105 Å². The first-order valence-corrected chi connectivity index (χ1v) is 9.55. The number of halogens is 2. The van der Waals surface area contributed by atoms with E-state index in [1.807, 2.05) is 48.5 Å². The van der Waals surface area contributed by atoms with Crippen LogP contribution < -0.4 is 0 Å². The minimum atomic E-state index is -0.684. The van der Waals surface area contributed by atoms with Crippen molar-refractivity contribution in [2.45, 2.75) is 5.60 Å². The van der Waals surface area contributed by atoms with Gasteiger partial charge in [0.25, 0.3) is 0 Å². The van der Waals surface area contributed by atoms with E-state index in [4.69, 9.17) is 4.74 Å². The third-order valence-corrected chi connectivity index (χ3v) is 5.39. The standard InChI is InChI=1S/C22H18Br2O/c1-25-22(18-10-6-3-7-11-18,19-12-14-20(23)15-13-19)16-21(24)17-8-4-2-5-9-17/h2-16H,1H3/b21-16+. The maximum Gasteiger partial charge on any atom is 0.137 e. The molecule has 0 fully saturated rings. The Hall–Kier alpha value is -1.68. The Morgan fingerprint density at radius 1 is 0.800 bits per heavy atom. The van der Waals surface area contributed by atoms with Crippen molar-refractivity contribution in [1.82, 2.24) is 0 Å². The van der Waals surface area contributed by atoms with Gasteiger partial charge in [0, 0.05) is 16.1 Å². The molecule has 0 aliphatic carbocycles. The lowest BCUT2D eigenvalue weighted by atomic mass is 9.85. The molecule has 0 aromatic heterocycles. The smallest absolute Gasteiger partial charge is 0.137 e. The largest absolute Gasteiger partial charge is 0.365 e. The molecule has 0 N–H and O–H groups in total. The molecule has 0 saturated carbocycles. The second kappa shape index (κ2) is 8.13. The maximum atomic E-state index is 6.12. The molecule has 3 heteroatoms. The van der Waals surface area contributed by atoms with Crippen molar-refractivity contribution >= 4 is 36.3 Å². The Kier molecular flexibility index (Phi) is 5.89. The lowest BCUT2D eigenvalue weighted by molar-refractivity contribution is 0.0661. The Morgan fingerprint density at radius 3 is 1.88 bits per heavy atom. The van der Waals surface area contributed by atoms with Crippen molar-refractivity contribution in [3.63, 3.8) is 0 Å². The summed E-state index contributed by atoms with van der Waals surface area (Å²) in [6.45, 7) is 0. The molecule has 0 heterocycles. The molecule has 1 nitrogen and oxygen atoms in total. The number of rotatable bonds is 5. The van der Waals surface area contributed by atoms with Crippen LogP contribution in [0.3, 0.4) is 0 Å². The van der Waals surface area contributed by atoms with Crippen molar-refractivity contribution in [3.8, 4) is 0 Å². The Labute approximate surface area is 165 Å². The third-order valence-electron chi connectivity index (χ3n) is 4.18. The molecule has 3 aromatic rings. The molecule has 0 saturated heterocycles. The van der Waals surface area contributed by atoms with E-state index in [0.717, 1.165) is 25.6 Å². The van der Waals surface area contributed by atoms with Gasteiger partial charge in [-0.2, -0.15) is 0 Å². The molecule has 25 heavy (non-hydrogen) atoms. The van der Waals surface area contributed by atoms with Crippen LogP contribution in [-0.2, 0) is 10.3 Å². The monoisotopic (exact) mass is 456 g/mol. The molecular weight excluding hydrogens is 440 g/mol. The van der Waals surface area contributed by atoms with Gasteiger partial charge in [0.15, 0.2) is 0 Å². The summed E-state index contributed by atoms with van der Waals surface area (Å²) in [5, 5.41) is 0. The van der Waals surface area contributed by atoms with E-state index in [9.17, 15) is 0 Å². The zero-order chi connectivity index (χ0) is 17.7. The number of ether oxygens (including phenoxy) is 1. The lowest BCUT2D eigenvalue weighted by Gasteiger charge is -2.31. The van der Waals surface area contributed by atoms with Crippen LogP contribution in [0.25, 0.3) is 4.48 Å². The van der Waals surface area contributed by atoms with E-state index in [-0.39, 0.29) is 0 Å². The van der Waals surface area contributed by atoms with Crippen LogP contribution >= 0.6 is 31.9 Å². The highest BCUT2D eigenvalue weighted by Gasteiger charge is 2.32. The first kappa shape index (κ1) is 18.1. The average Bonchev–Trinajstić information content (AvgIpc) is 2.68. The number of benzene rings is 3. The van der Waals surface area contributed by atoms with Crippen LogP contribution in [0.5, 0.6) is 0 Å². The number of methoxy groups -OCH3 is 1. The van der Waals surface area contributed by atoms with E-state index >= 15 is 0 Å². The van der Waals surface area contributed by atoms with E-state index in [0.29, 0.717) is 0 Å². The van der Waals surface area contributed by atoms with Gasteiger partial charge in [-0.3, -0.25) is 0 Å². The predicted octanol–water partition coefficient (Wildman–Crippen LogP) is 6.78. The molecule has 0 bridgehead atoms. The van der Waals surface area contributed by atoms with Gasteiger partial charge in [-0.25, -0.2) is 0 Å². The van der Waals surface area contributed by atoms with Crippen LogP contribution in [0.2, 0.25) is 0 Å². The summed E-state index contributed by atoms with van der Waals surface area (Å²) in [5.41, 5.74) is 2.57. The molecular formula is C22H18Br2O. The summed E-state index contributed by atoms with van der Waals surface area (Å²) in [4.78, 5) is 0. The number of hydrogen-bond acceptors (Lipinski definition) is 1. The maximum absolute atomic E-state index is 6.12. The predicted molar refractivity (Wildman–Crippen MR) is 112 cm³/mol. The fourth-order valence-corrected chi connectivity index (χ4v) is 3.72. The van der Waals surface area contributed by atoms with Gasteiger partial charge in [0.05, 0.1) is 0 Å². The van der Waals surface area contributed by atoms with Crippen molar-refractivity contribution in [2.75, 3.05) is 7.11 Å². The fourth-order valence-electron chi connectivity index (χ4n) is 2.87. The topological polar surface area (TPSA) is 9.23 Å². The molecule has 0 radical (unpaired) electrons. The molecule has 126 valence electrons. The Bertz CT molecular complexity index is 842. The highest BCUT2D eigenvalue weighted by molar-refractivity contribution is 9.15. The molecule has 0 spiro atoms. The van der Waals surface area contributed by atoms with Crippen molar-refractivity contribution < 1.29 is 4.74 Å². The average molecular weight is 458 g/mol. The minimum absolute atomic E-state index is 0.684. The zero-order valence-corrected chi connectivity index (χ0v) is 17.0. The molecule has 1 unspecified atom stereocenters. The Balaban J connectivity index is 2.20.